The molecule has 0 atom stereocenters. The van der Waals surface area contributed by atoms with Gasteiger partial charge in [0.2, 0.25) is 23.7 Å². The molecule has 1 aromatic heterocycles. The second-order valence-corrected chi connectivity index (χ2v) is 9.81. The van der Waals surface area contributed by atoms with Gasteiger partial charge in [-0.2, -0.15) is 4.98 Å². The summed E-state index contributed by atoms with van der Waals surface area (Å²) in [4.78, 5) is 67.1. The van der Waals surface area contributed by atoms with Crippen LogP contribution in [0.5, 0.6) is 0 Å². The smallest absolute Gasteiger partial charge is 0.306 e. The van der Waals surface area contributed by atoms with Gasteiger partial charge in [-0.3, -0.25) is 24.0 Å². The Morgan fingerprint density at radius 3 is 2.48 bits per heavy atom. The second kappa shape index (κ2) is 15.4. The number of primary amides is 1. The molecule has 2 rings (SSSR count). The molecule has 0 saturated carbocycles. The highest BCUT2D eigenvalue weighted by molar-refractivity contribution is 9.10. The van der Waals surface area contributed by atoms with E-state index in [0.29, 0.717) is 47.1 Å². The van der Waals surface area contributed by atoms with E-state index < -0.39 is 41.6 Å². The molecule has 0 aliphatic carbocycles. The van der Waals surface area contributed by atoms with Crippen molar-refractivity contribution in [3.63, 3.8) is 0 Å². The number of esters is 1. The van der Waals surface area contributed by atoms with Gasteiger partial charge in [0.1, 0.15) is 11.2 Å². The van der Waals surface area contributed by atoms with Crippen molar-refractivity contribution in [2.75, 3.05) is 42.2 Å². The van der Waals surface area contributed by atoms with Gasteiger partial charge in [0.25, 0.3) is 5.91 Å². The zero-order valence-electron chi connectivity index (χ0n) is 22.4. The van der Waals surface area contributed by atoms with Gasteiger partial charge in [0.05, 0.1) is 11.0 Å². The normalized spacial score (nSPS) is 10.7. The van der Waals surface area contributed by atoms with Crippen molar-refractivity contribution < 1.29 is 28.7 Å². The summed E-state index contributed by atoms with van der Waals surface area (Å²) >= 11 is 3.40. The Bertz CT molecular complexity index is 1240. The largest absolute Gasteiger partial charge is 0.456 e. The summed E-state index contributed by atoms with van der Waals surface area (Å²) in [7, 11) is 0. The topological polar surface area (TPSA) is 207 Å². The van der Waals surface area contributed by atoms with Crippen molar-refractivity contribution in [2.24, 2.45) is 11.1 Å². The fraction of sp³-hybridized carbons (Fsp3) is 0.400. The number of nitrogens with two attached hydrogens (primary N) is 1. The lowest BCUT2D eigenvalue weighted by Crippen LogP contribution is -2.46. The predicted molar refractivity (Wildman–Crippen MR) is 151 cm³/mol. The maximum atomic E-state index is 12.2. The molecule has 14 nitrogen and oxygen atoms in total. The lowest BCUT2D eigenvalue weighted by atomic mass is 9.91. The molecule has 2 aromatic rings. The van der Waals surface area contributed by atoms with Crippen LogP contribution in [0.2, 0.25) is 0 Å². The van der Waals surface area contributed by atoms with Gasteiger partial charge >= 0.3 is 5.97 Å². The maximum Gasteiger partial charge on any atom is 0.306 e. The fourth-order valence-electron chi connectivity index (χ4n) is 2.87. The van der Waals surface area contributed by atoms with Crippen LogP contribution in [0.4, 0.5) is 23.1 Å². The van der Waals surface area contributed by atoms with E-state index in [1.807, 2.05) is 0 Å². The Morgan fingerprint density at radius 1 is 1.05 bits per heavy atom. The number of hydrogen-bond donors (Lipinski definition) is 6. The maximum absolute atomic E-state index is 12.2. The van der Waals surface area contributed by atoms with Crippen molar-refractivity contribution in [3.05, 3.63) is 34.9 Å². The van der Waals surface area contributed by atoms with Gasteiger partial charge in [-0.25, -0.2) is 4.98 Å². The van der Waals surface area contributed by atoms with Gasteiger partial charge in [-0.15, -0.1) is 0 Å². The van der Waals surface area contributed by atoms with E-state index in [4.69, 9.17) is 10.5 Å². The van der Waals surface area contributed by atoms with Crippen molar-refractivity contribution in [1.82, 2.24) is 20.6 Å². The Balaban J connectivity index is 1.85. The molecule has 0 aliphatic rings. The van der Waals surface area contributed by atoms with Crippen LogP contribution in [0.25, 0.3) is 0 Å². The Kier molecular flexibility index (Phi) is 12.3. The third kappa shape index (κ3) is 10.5. The van der Waals surface area contributed by atoms with Crippen LogP contribution < -0.4 is 32.3 Å². The molecule has 0 unspecified atom stereocenters. The van der Waals surface area contributed by atoms with Gasteiger partial charge in [0.15, 0.2) is 6.61 Å². The first-order valence-electron chi connectivity index (χ1n) is 12.4. The molecule has 15 heteroatoms. The van der Waals surface area contributed by atoms with Crippen LogP contribution in [-0.4, -0.2) is 65.8 Å². The molecule has 7 N–H and O–H groups in total. The summed E-state index contributed by atoms with van der Waals surface area (Å²) in [5.74, 6) is -1.88. The second-order valence-electron chi connectivity index (χ2n) is 8.96. The first-order chi connectivity index (χ1) is 18.9. The van der Waals surface area contributed by atoms with Gasteiger partial charge in [0, 0.05) is 37.1 Å². The van der Waals surface area contributed by atoms with Crippen molar-refractivity contribution in [3.8, 4) is 0 Å². The minimum Gasteiger partial charge on any atom is -0.456 e. The number of halogens is 1. The summed E-state index contributed by atoms with van der Waals surface area (Å²) in [5.41, 5.74) is 5.04. The molecular formula is C25H33BrN8O6. The molecule has 0 radical (unpaired) electrons. The van der Waals surface area contributed by atoms with E-state index in [-0.39, 0.29) is 13.0 Å². The summed E-state index contributed by atoms with van der Waals surface area (Å²) in [6, 6.07) is 6.81. The molecule has 0 aliphatic heterocycles. The lowest BCUT2D eigenvalue weighted by molar-refractivity contribution is -0.148. The number of nitrogens with one attached hydrogen (secondary N) is 5. The number of aromatic nitrogens is 2. The minimum absolute atomic E-state index is 0.154. The van der Waals surface area contributed by atoms with Crippen LogP contribution in [0.3, 0.4) is 0 Å². The highest BCUT2D eigenvalue weighted by atomic mass is 79.9. The number of carbonyl (C=O) groups is 5. The van der Waals surface area contributed by atoms with Gasteiger partial charge in [-0.05, 0) is 54.4 Å². The van der Waals surface area contributed by atoms with Gasteiger partial charge in [-0.1, -0.05) is 13.0 Å². The number of ether oxygens (including phenoxy) is 1. The fourth-order valence-corrected chi connectivity index (χ4v) is 3.20. The van der Waals surface area contributed by atoms with Crippen molar-refractivity contribution in [1.29, 1.82) is 0 Å². The SMILES string of the molecule is CCC(=O)OCC(=O)NCC(=O)Nc1cccc(Nc2ncc(Br)c(NCCCNC(=O)C(C)(C)C(N)=O)n2)c1. The molecule has 0 bridgehead atoms. The number of amides is 4. The van der Waals surface area contributed by atoms with Crippen LogP contribution >= 0.6 is 15.9 Å². The molecule has 4 amide bonds. The Labute approximate surface area is 239 Å². The highest BCUT2D eigenvalue weighted by Crippen LogP contribution is 2.23. The molecule has 0 fully saturated rings. The summed E-state index contributed by atoms with van der Waals surface area (Å²) < 4.78 is 5.34. The zero-order chi connectivity index (χ0) is 29.7. The third-order valence-electron chi connectivity index (χ3n) is 5.36. The highest BCUT2D eigenvalue weighted by Gasteiger charge is 2.33. The van der Waals surface area contributed by atoms with E-state index in [1.165, 1.54) is 13.8 Å². The van der Waals surface area contributed by atoms with E-state index in [9.17, 15) is 24.0 Å². The van der Waals surface area contributed by atoms with E-state index in [0.717, 1.165) is 0 Å². The number of anilines is 4. The van der Waals surface area contributed by atoms with Crippen LogP contribution in [0.1, 0.15) is 33.6 Å². The van der Waals surface area contributed by atoms with Gasteiger partial charge < -0.3 is 37.1 Å². The van der Waals surface area contributed by atoms with Crippen LogP contribution in [0.15, 0.2) is 34.9 Å². The summed E-state index contributed by atoms with van der Waals surface area (Å²) in [6.45, 7) is 4.62. The molecule has 0 spiro atoms. The zero-order valence-corrected chi connectivity index (χ0v) is 24.0. The quantitative estimate of drug-likeness (QED) is 0.0958. The predicted octanol–water partition coefficient (Wildman–Crippen LogP) is 1.42. The molecule has 40 heavy (non-hydrogen) atoms. The number of benzene rings is 1. The van der Waals surface area contributed by atoms with Crippen LogP contribution in [0, 0.1) is 5.41 Å². The molecule has 1 aromatic carbocycles. The first kappa shape index (κ1) is 31.9. The number of hydrogen-bond acceptors (Lipinski definition) is 10. The minimum atomic E-state index is -1.29. The van der Waals surface area contributed by atoms with Crippen molar-refractivity contribution >= 4 is 68.7 Å². The molecular weight excluding hydrogens is 588 g/mol. The Hall–Kier alpha value is -4.27. The first-order valence-corrected chi connectivity index (χ1v) is 13.2. The average molecular weight is 621 g/mol. The number of rotatable bonds is 15. The van der Waals surface area contributed by atoms with E-state index in [1.54, 1.807) is 37.4 Å². The van der Waals surface area contributed by atoms with Crippen LogP contribution in [-0.2, 0) is 28.7 Å². The number of nitrogens with zero attached hydrogens (tertiary/aromatic N) is 2. The van der Waals surface area contributed by atoms with Crippen molar-refractivity contribution in [2.45, 2.75) is 33.6 Å². The molecule has 0 saturated heterocycles. The molecule has 1 heterocycles. The average Bonchev–Trinajstić information content (AvgIpc) is 2.91. The van der Waals surface area contributed by atoms with E-state index >= 15 is 0 Å². The lowest BCUT2D eigenvalue weighted by Gasteiger charge is -2.19. The molecule has 216 valence electrons. The Morgan fingerprint density at radius 2 is 1.77 bits per heavy atom. The summed E-state index contributed by atoms with van der Waals surface area (Å²) in [6.07, 6.45) is 2.29. The number of carbonyl (C=O) groups excluding carboxylic acids is 5. The third-order valence-corrected chi connectivity index (χ3v) is 5.94. The standard InChI is InChI=1S/C25H33BrN8O6/c1-4-20(37)40-14-19(36)30-13-18(35)32-15-7-5-8-16(11-15)33-24-31-12-17(26)21(34-24)28-9-6-10-29-23(39)25(2,3)22(27)38/h5,7-8,11-12H,4,6,9-10,13-14H2,1-3H3,(H2,27,38)(H,29,39)(H,30,36)(H,32,35)(H2,28,31,33,34). The van der Waals surface area contributed by atoms with E-state index in [2.05, 4.69) is 52.5 Å². The monoisotopic (exact) mass is 620 g/mol. The summed E-state index contributed by atoms with van der Waals surface area (Å²) in [5, 5.41) is 13.9.